The Kier molecular flexibility index (Phi) is 7.48. The number of carbonyl (C=O) groups excluding carboxylic acids is 2. The monoisotopic (exact) mass is 412 g/mol. The molecule has 1 aromatic carbocycles. The molecule has 1 aliphatic heterocycles. The van der Waals surface area contributed by atoms with Crippen LogP contribution in [-0.2, 0) is 16.0 Å². The number of nitrogens with zero attached hydrogens (tertiary/aromatic N) is 2. The molecule has 1 aliphatic rings. The summed E-state index contributed by atoms with van der Waals surface area (Å²) in [7, 11) is 0. The van der Waals surface area contributed by atoms with E-state index >= 15 is 0 Å². The van der Waals surface area contributed by atoms with Crippen LogP contribution in [0.15, 0.2) is 35.7 Å². The molecule has 1 atom stereocenters. The van der Waals surface area contributed by atoms with Gasteiger partial charge in [0.05, 0.1) is 12.6 Å². The smallest absolute Gasteiger partial charge is 0.242 e. The fraction of sp³-hybridized carbons (Fsp3) is 0.500. The Hall–Kier alpha value is -2.14. The van der Waals surface area contributed by atoms with Crippen molar-refractivity contribution in [3.05, 3.63) is 57.3 Å². The van der Waals surface area contributed by atoms with Gasteiger partial charge in [0.1, 0.15) is 0 Å². The molecule has 3 rings (SSSR count). The third kappa shape index (κ3) is 4.89. The van der Waals surface area contributed by atoms with Gasteiger partial charge in [-0.2, -0.15) is 0 Å². The number of hydrogen-bond acceptors (Lipinski definition) is 3. The maximum Gasteiger partial charge on any atom is 0.242 e. The molecule has 2 amide bonds. The minimum Gasteiger partial charge on any atom is -0.333 e. The van der Waals surface area contributed by atoms with Crippen LogP contribution in [0.4, 0.5) is 0 Å². The molecule has 29 heavy (non-hydrogen) atoms. The van der Waals surface area contributed by atoms with Crippen molar-refractivity contribution in [3.8, 4) is 0 Å². The van der Waals surface area contributed by atoms with E-state index in [0.717, 1.165) is 25.7 Å². The summed E-state index contributed by atoms with van der Waals surface area (Å²) < 4.78 is 0. The number of carbonyl (C=O) groups is 2. The van der Waals surface area contributed by atoms with Crippen molar-refractivity contribution >= 4 is 23.2 Å². The summed E-state index contributed by atoms with van der Waals surface area (Å²) in [5.41, 5.74) is 3.61. The van der Waals surface area contributed by atoms with E-state index in [-0.39, 0.29) is 24.4 Å². The number of aryl methyl sites for hydroxylation is 1. The van der Waals surface area contributed by atoms with Gasteiger partial charge in [-0.15, -0.1) is 11.3 Å². The fourth-order valence-electron chi connectivity index (χ4n) is 4.08. The van der Waals surface area contributed by atoms with E-state index in [0.29, 0.717) is 19.5 Å². The predicted molar refractivity (Wildman–Crippen MR) is 119 cm³/mol. The van der Waals surface area contributed by atoms with Crippen LogP contribution in [0.5, 0.6) is 0 Å². The number of rotatable bonds is 8. The molecule has 0 spiro atoms. The van der Waals surface area contributed by atoms with Crippen LogP contribution >= 0.6 is 11.3 Å². The minimum atomic E-state index is -0.0620. The van der Waals surface area contributed by atoms with Crippen molar-refractivity contribution in [2.24, 2.45) is 0 Å². The number of thiophene rings is 1. The number of amides is 2. The zero-order chi connectivity index (χ0) is 20.8. The van der Waals surface area contributed by atoms with Crippen LogP contribution in [0.2, 0.25) is 0 Å². The second-order valence-corrected chi connectivity index (χ2v) is 8.81. The second-order valence-electron chi connectivity index (χ2n) is 7.81. The van der Waals surface area contributed by atoms with Crippen LogP contribution in [0, 0.1) is 6.92 Å². The highest BCUT2D eigenvalue weighted by Gasteiger charge is 2.34. The molecular weight excluding hydrogens is 380 g/mol. The van der Waals surface area contributed by atoms with Crippen LogP contribution in [0.3, 0.4) is 0 Å². The first-order valence-corrected chi connectivity index (χ1v) is 11.6. The van der Waals surface area contributed by atoms with Crippen LogP contribution in [0.1, 0.15) is 67.1 Å². The van der Waals surface area contributed by atoms with E-state index in [1.54, 1.807) is 16.2 Å². The van der Waals surface area contributed by atoms with Crippen molar-refractivity contribution in [1.82, 2.24) is 9.80 Å². The van der Waals surface area contributed by atoms with Crippen LogP contribution < -0.4 is 0 Å². The quantitative estimate of drug-likeness (QED) is 0.615. The van der Waals surface area contributed by atoms with Gasteiger partial charge in [-0.05, 0) is 54.3 Å². The Morgan fingerprint density at radius 3 is 2.66 bits per heavy atom. The maximum atomic E-state index is 13.4. The Morgan fingerprint density at radius 1 is 1.14 bits per heavy atom. The Labute approximate surface area is 178 Å². The number of fused-ring (bicyclic) bond motifs is 1. The molecule has 2 heterocycles. The molecule has 0 saturated heterocycles. The van der Waals surface area contributed by atoms with Gasteiger partial charge in [0.15, 0.2) is 0 Å². The summed E-state index contributed by atoms with van der Waals surface area (Å²) >= 11 is 1.78. The summed E-state index contributed by atoms with van der Waals surface area (Å²) in [4.78, 5) is 31.2. The van der Waals surface area contributed by atoms with Crippen LogP contribution in [-0.4, -0.2) is 41.2 Å². The average Bonchev–Trinajstić information content (AvgIpc) is 3.20. The topological polar surface area (TPSA) is 40.6 Å². The number of benzene rings is 1. The highest BCUT2D eigenvalue weighted by molar-refractivity contribution is 7.10. The molecule has 0 unspecified atom stereocenters. The summed E-state index contributed by atoms with van der Waals surface area (Å²) in [6.07, 6.45) is 4.14. The van der Waals surface area contributed by atoms with E-state index in [2.05, 4.69) is 37.4 Å². The minimum absolute atomic E-state index is 0.0515. The van der Waals surface area contributed by atoms with Crippen LogP contribution in [0.25, 0.3) is 0 Å². The highest BCUT2D eigenvalue weighted by atomic mass is 32.1. The predicted octanol–water partition coefficient (Wildman–Crippen LogP) is 4.96. The Balaban J connectivity index is 1.87. The van der Waals surface area contributed by atoms with Crippen molar-refractivity contribution in [3.63, 3.8) is 0 Å². The lowest BCUT2D eigenvalue weighted by Crippen LogP contribution is -2.47. The average molecular weight is 413 g/mol. The summed E-state index contributed by atoms with van der Waals surface area (Å²) in [5.74, 6) is 0.144. The van der Waals surface area contributed by atoms with E-state index in [9.17, 15) is 9.59 Å². The molecule has 4 nitrogen and oxygen atoms in total. The molecular formula is C24H32N2O2S. The first kappa shape index (κ1) is 21.6. The molecule has 2 aromatic rings. The zero-order valence-corrected chi connectivity index (χ0v) is 18.6. The highest BCUT2D eigenvalue weighted by Crippen LogP contribution is 2.39. The van der Waals surface area contributed by atoms with E-state index in [4.69, 9.17) is 0 Å². The normalized spacial score (nSPS) is 15.8. The molecule has 0 radical (unpaired) electrons. The summed E-state index contributed by atoms with van der Waals surface area (Å²) in [6.45, 7) is 7.77. The second kappa shape index (κ2) is 10.1. The fourth-order valence-corrected chi connectivity index (χ4v) is 4.98. The molecule has 1 aromatic heterocycles. The van der Waals surface area contributed by atoms with Crippen molar-refractivity contribution in [2.75, 3.05) is 19.6 Å². The van der Waals surface area contributed by atoms with E-state index in [1.807, 2.05) is 24.0 Å². The summed E-state index contributed by atoms with van der Waals surface area (Å²) in [5, 5.41) is 2.13. The maximum absolute atomic E-state index is 13.4. The van der Waals surface area contributed by atoms with Gasteiger partial charge in [0.2, 0.25) is 11.8 Å². The third-order valence-electron chi connectivity index (χ3n) is 5.69. The molecule has 0 aliphatic carbocycles. The lowest BCUT2D eigenvalue weighted by atomic mass is 9.90. The van der Waals surface area contributed by atoms with Gasteiger partial charge in [0, 0.05) is 24.4 Å². The zero-order valence-electron chi connectivity index (χ0n) is 17.8. The van der Waals surface area contributed by atoms with Gasteiger partial charge in [-0.25, -0.2) is 0 Å². The van der Waals surface area contributed by atoms with E-state index in [1.165, 1.54) is 21.6 Å². The molecule has 0 N–H and O–H groups in total. The SMILES string of the molecule is CCCCN(CC(=O)N1CCc2sccc2[C@@H]1c1ccccc1C)C(=O)CCC. The van der Waals surface area contributed by atoms with E-state index < -0.39 is 0 Å². The summed E-state index contributed by atoms with van der Waals surface area (Å²) in [6, 6.07) is 10.4. The number of hydrogen-bond donors (Lipinski definition) is 0. The van der Waals surface area contributed by atoms with Gasteiger partial charge in [-0.1, -0.05) is 44.5 Å². The van der Waals surface area contributed by atoms with Gasteiger partial charge in [0.25, 0.3) is 0 Å². The Morgan fingerprint density at radius 2 is 1.93 bits per heavy atom. The van der Waals surface area contributed by atoms with Crippen molar-refractivity contribution in [1.29, 1.82) is 0 Å². The number of unbranched alkanes of at least 4 members (excludes halogenated alkanes) is 1. The lowest BCUT2D eigenvalue weighted by molar-refractivity contribution is -0.141. The first-order valence-electron chi connectivity index (χ1n) is 10.8. The van der Waals surface area contributed by atoms with Gasteiger partial charge < -0.3 is 9.80 Å². The van der Waals surface area contributed by atoms with Crippen molar-refractivity contribution in [2.45, 2.75) is 58.9 Å². The molecule has 0 bridgehead atoms. The molecule has 5 heteroatoms. The standard InChI is InChI=1S/C24H32N2O2S/c1-4-6-14-25(22(27)9-5-2)17-23(28)26-15-12-21-20(13-16-29-21)24(26)19-11-8-7-10-18(19)3/h7-8,10-11,13,16,24H,4-6,9,12,14-15,17H2,1-3H3/t24-/m0/s1. The Bertz CT molecular complexity index is 845. The lowest BCUT2D eigenvalue weighted by Gasteiger charge is -2.38. The molecule has 156 valence electrons. The van der Waals surface area contributed by atoms with Crippen molar-refractivity contribution < 1.29 is 9.59 Å². The molecule has 0 fully saturated rings. The third-order valence-corrected chi connectivity index (χ3v) is 6.69. The first-order chi connectivity index (χ1) is 14.1. The van der Waals surface area contributed by atoms with Gasteiger partial charge in [-0.3, -0.25) is 9.59 Å². The van der Waals surface area contributed by atoms with Gasteiger partial charge >= 0.3 is 0 Å². The molecule has 0 saturated carbocycles. The largest absolute Gasteiger partial charge is 0.333 e.